The molecule has 0 amide bonds. The molecule has 2 aliphatic heterocycles. The quantitative estimate of drug-likeness (QED) is 0.772. The van der Waals surface area contributed by atoms with Crippen molar-refractivity contribution in [3.05, 3.63) is 41.6 Å². The van der Waals surface area contributed by atoms with Crippen LogP contribution < -0.4 is 5.48 Å². The lowest BCUT2D eigenvalue weighted by molar-refractivity contribution is -0.0237. The highest BCUT2D eigenvalue weighted by atomic mass is 32.2. The highest BCUT2D eigenvalue weighted by molar-refractivity contribution is 7.92. The van der Waals surface area contributed by atoms with Crippen molar-refractivity contribution in [1.29, 1.82) is 0 Å². The standard InChI is InChI=1S/C22H34N2O3S/c1-21(2)16-20(23-27-21)18-10-8-14-24(17-18)15-9-13-22(3,4)28(25,26)19-11-6-5-7-12-19/h5-7,11-12,23H,8-10,13-17H2,1-4H3. The van der Waals surface area contributed by atoms with Crippen molar-refractivity contribution >= 4 is 9.84 Å². The van der Waals surface area contributed by atoms with E-state index in [1.54, 1.807) is 24.3 Å². The Morgan fingerprint density at radius 2 is 1.93 bits per heavy atom. The summed E-state index contributed by atoms with van der Waals surface area (Å²) in [5.74, 6) is 0. The molecule has 0 radical (unpaired) electrons. The molecule has 0 aromatic heterocycles. The van der Waals surface area contributed by atoms with Crippen LogP contribution in [0.15, 0.2) is 46.5 Å². The lowest BCUT2D eigenvalue weighted by Gasteiger charge is -2.31. The molecule has 0 saturated carbocycles. The van der Waals surface area contributed by atoms with E-state index in [-0.39, 0.29) is 5.60 Å². The van der Waals surface area contributed by atoms with Gasteiger partial charge in [0.05, 0.1) is 15.2 Å². The molecule has 1 aromatic rings. The molecule has 1 N–H and O–H groups in total. The van der Waals surface area contributed by atoms with Gasteiger partial charge in [0.15, 0.2) is 9.84 Å². The molecule has 2 aliphatic rings. The first-order valence-electron chi connectivity index (χ1n) is 10.3. The van der Waals surface area contributed by atoms with Crippen LogP contribution in [-0.4, -0.2) is 43.3 Å². The molecule has 6 heteroatoms. The minimum absolute atomic E-state index is 0.138. The van der Waals surface area contributed by atoms with Crippen LogP contribution in [-0.2, 0) is 14.7 Å². The van der Waals surface area contributed by atoms with E-state index in [4.69, 9.17) is 4.84 Å². The summed E-state index contributed by atoms with van der Waals surface area (Å²) in [6.07, 6.45) is 4.72. The molecule has 0 aliphatic carbocycles. The van der Waals surface area contributed by atoms with Crippen molar-refractivity contribution in [2.45, 2.75) is 75.0 Å². The van der Waals surface area contributed by atoms with Crippen molar-refractivity contribution < 1.29 is 13.3 Å². The van der Waals surface area contributed by atoms with E-state index in [2.05, 4.69) is 24.2 Å². The smallest absolute Gasteiger partial charge is 0.183 e. The zero-order valence-electron chi connectivity index (χ0n) is 17.6. The second-order valence-corrected chi connectivity index (χ2v) is 11.9. The fourth-order valence-electron chi connectivity index (χ4n) is 4.06. The summed E-state index contributed by atoms with van der Waals surface area (Å²) in [4.78, 5) is 8.52. The number of sulfone groups is 1. The maximum absolute atomic E-state index is 13.0. The molecular weight excluding hydrogens is 372 g/mol. The molecule has 2 heterocycles. The molecule has 5 nitrogen and oxygen atoms in total. The lowest BCUT2D eigenvalue weighted by Crippen LogP contribution is -2.36. The SMILES string of the molecule is CC1(C)CC(=C2CCCN(CCCC(C)(C)S(=O)(=O)c3ccccc3)C2)NO1. The van der Waals surface area contributed by atoms with Gasteiger partial charge in [-0.15, -0.1) is 0 Å². The Balaban J connectivity index is 1.56. The van der Waals surface area contributed by atoms with E-state index in [1.165, 1.54) is 11.3 Å². The molecule has 156 valence electrons. The molecule has 1 aromatic carbocycles. The van der Waals surface area contributed by atoms with Crippen LogP contribution in [0.2, 0.25) is 0 Å². The summed E-state index contributed by atoms with van der Waals surface area (Å²) in [6, 6.07) is 8.80. The molecule has 0 atom stereocenters. The van der Waals surface area contributed by atoms with E-state index in [1.807, 2.05) is 19.9 Å². The minimum atomic E-state index is -3.33. The van der Waals surface area contributed by atoms with Gasteiger partial charge >= 0.3 is 0 Å². The highest BCUT2D eigenvalue weighted by Crippen LogP contribution is 2.32. The Hall–Kier alpha value is -1.37. The van der Waals surface area contributed by atoms with Crippen molar-refractivity contribution in [1.82, 2.24) is 10.4 Å². The number of hydrogen-bond acceptors (Lipinski definition) is 5. The van der Waals surface area contributed by atoms with Crippen molar-refractivity contribution in [3.63, 3.8) is 0 Å². The lowest BCUT2D eigenvalue weighted by atomic mass is 9.96. The van der Waals surface area contributed by atoms with Gasteiger partial charge in [-0.25, -0.2) is 8.42 Å². The first-order chi connectivity index (χ1) is 13.1. The average molecular weight is 407 g/mol. The van der Waals surface area contributed by atoms with Crippen LogP contribution in [0.1, 0.15) is 59.8 Å². The third-order valence-corrected chi connectivity index (χ3v) is 8.43. The van der Waals surface area contributed by atoms with Crippen LogP contribution in [0, 0.1) is 0 Å². The number of rotatable bonds is 6. The van der Waals surface area contributed by atoms with Gasteiger partial charge in [0.2, 0.25) is 0 Å². The summed E-state index contributed by atoms with van der Waals surface area (Å²) in [6.45, 7) is 10.9. The molecule has 2 fully saturated rings. The van der Waals surface area contributed by atoms with E-state index >= 15 is 0 Å². The van der Waals surface area contributed by atoms with Gasteiger partial charge in [-0.2, -0.15) is 0 Å². The van der Waals surface area contributed by atoms with E-state index in [0.717, 1.165) is 45.3 Å². The van der Waals surface area contributed by atoms with E-state index in [0.29, 0.717) is 11.3 Å². The van der Waals surface area contributed by atoms with Crippen LogP contribution in [0.25, 0.3) is 0 Å². The molecule has 28 heavy (non-hydrogen) atoms. The zero-order chi connectivity index (χ0) is 20.4. The van der Waals surface area contributed by atoms with Crippen molar-refractivity contribution in [2.75, 3.05) is 19.6 Å². The maximum atomic E-state index is 13.0. The summed E-state index contributed by atoms with van der Waals surface area (Å²) >= 11 is 0. The number of nitrogens with one attached hydrogen (secondary N) is 1. The average Bonchev–Trinajstić information content (AvgIpc) is 3.02. The van der Waals surface area contributed by atoms with Crippen molar-refractivity contribution in [3.8, 4) is 0 Å². The first kappa shape index (κ1) is 21.3. The molecule has 0 spiro atoms. The van der Waals surface area contributed by atoms with Crippen molar-refractivity contribution in [2.24, 2.45) is 0 Å². The molecule has 3 rings (SSSR count). The summed E-state index contributed by atoms with van der Waals surface area (Å²) in [7, 11) is -3.33. The molecular formula is C22H34N2O3S. The third kappa shape index (κ3) is 4.78. The minimum Gasteiger partial charge on any atom is -0.299 e. The number of likely N-dealkylation sites (tertiary alicyclic amines) is 1. The number of benzene rings is 1. The van der Waals surface area contributed by atoms with Gasteiger partial charge in [-0.3, -0.25) is 15.2 Å². The van der Waals surface area contributed by atoms with E-state index < -0.39 is 14.6 Å². The molecule has 2 saturated heterocycles. The van der Waals surface area contributed by atoms with Gasteiger partial charge in [-0.05, 0) is 84.2 Å². The van der Waals surface area contributed by atoms with Crippen LogP contribution in [0.3, 0.4) is 0 Å². The summed E-state index contributed by atoms with van der Waals surface area (Å²) < 4.78 is 25.2. The predicted molar refractivity (Wildman–Crippen MR) is 113 cm³/mol. The predicted octanol–water partition coefficient (Wildman–Crippen LogP) is 4.07. The zero-order valence-corrected chi connectivity index (χ0v) is 18.4. The van der Waals surface area contributed by atoms with Gasteiger partial charge in [-0.1, -0.05) is 18.2 Å². The van der Waals surface area contributed by atoms with Crippen LogP contribution in [0.5, 0.6) is 0 Å². The highest BCUT2D eigenvalue weighted by Gasteiger charge is 2.35. The molecule has 0 bridgehead atoms. The second-order valence-electron chi connectivity index (χ2n) is 9.28. The fraction of sp³-hybridized carbons (Fsp3) is 0.636. The fourth-order valence-corrected chi connectivity index (χ4v) is 5.62. The molecule has 0 unspecified atom stereocenters. The van der Waals surface area contributed by atoms with Gasteiger partial charge < -0.3 is 0 Å². The number of nitrogens with zero attached hydrogens (tertiary/aromatic N) is 1. The Bertz CT molecular complexity index is 813. The van der Waals surface area contributed by atoms with Gasteiger partial charge in [0.1, 0.15) is 0 Å². The second kappa shape index (κ2) is 8.17. The van der Waals surface area contributed by atoms with E-state index in [9.17, 15) is 8.42 Å². The maximum Gasteiger partial charge on any atom is 0.183 e. The summed E-state index contributed by atoms with van der Waals surface area (Å²) in [5.41, 5.74) is 5.67. The Morgan fingerprint density at radius 3 is 2.57 bits per heavy atom. The van der Waals surface area contributed by atoms with Gasteiger partial charge in [0, 0.05) is 18.7 Å². The Morgan fingerprint density at radius 1 is 1.21 bits per heavy atom. The van der Waals surface area contributed by atoms with Crippen LogP contribution in [0.4, 0.5) is 0 Å². The topological polar surface area (TPSA) is 58.6 Å². The largest absolute Gasteiger partial charge is 0.299 e. The third-order valence-electron chi connectivity index (χ3n) is 5.88. The normalized spacial score (nSPS) is 23.6. The number of hydroxylamine groups is 1. The summed E-state index contributed by atoms with van der Waals surface area (Å²) in [5, 5.41) is 0. The monoisotopic (exact) mass is 406 g/mol. The number of piperidine rings is 1. The first-order valence-corrected chi connectivity index (χ1v) is 11.8. The Kier molecular flexibility index (Phi) is 6.23. The number of hydrogen-bond donors (Lipinski definition) is 1. The Labute approximate surface area is 170 Å². The van der Waals surface area contributed by atoms with Crippen LogP contribution >= 0.6 is 0 Å². The van der Waals surface area contributed by atoms with Gasteiger partial charge in [0.25, 0.3) is 0 Å².